The average Bonchev–Trinajstić information content (AvgIpc) is 2.65. The molecule has 0 amide bonds. The summed E-state index contributed by atoms with van der Waals surface area (Å²) in [5.74, 6) is 0.671. The topological polar surface area (TPSA) is 56.7 Å². The molecule has 0 aromatic heterocycles. The van der Waals surface area contributed by atoms with Crippen molar-refractivity contribution in [3.63, 3.8) is 0 Å². The molecule has 0 aliphatic rings. The molecule has 2 aromatic rings. The van der Waals surface area contributed by atoms with E-state index in [4.69, 9.17) is 0 Å². The third-order valence-electron chi connectivity index (χ3n) is 3.91. The summed E-state index contributed by atoms with van der Waals surface area (Å²) in [6, 6.07) is 19.7. The maximum absolute atomic E-state index is 11.4. The minimum absolute atomic E-state index is 0.262. The van der Waals surface area contributed by atoms with Crippen molar-refractivity contribution in [1.82, 2.24) is 10.6 Å². The Morgan fingerprint density at radius 3 is 2.32 bits per heavy atom. The molecule has 0 saturated carbocycles. The van der Waals surface area contributed by atoms with Gasteiger partial charge in [-0.15, -0.1) is 6.58 Å². The fourth-order valence-electron chi connectivity index (χ4n) is 2.65. The summed E-state index contributed by atoms with van der Waals surface area (Å²) in [7, 11) is 0. The molecule has 0 bridgehead atoms. The Bertz CT molecular complexity index is 670. The fourth-order valence-corrected chi connectivity index (χ4v) is 2.65. The molecule has 0 aliphatic carbocycles. The molecule has 4 heteroatoms. The Labute approximate surface area is 150 Å². The van der Waals surface area contributed by atoms with Crippen molar-refractivity contribution in [2.75, 3.05) is 19.6 Å². The van der Waals surface area contributed by atoms with Gasteiger partial charge in [-0.2, -0.15) is 0 Å². The highest BCUT2D eigenvalue weighted by atomic mass is 16.3. The van der Waals surface area contributed by atoms with Crippen LogP contribution in [0.5, 0.6) is 0 Å². The first-order valence-corrected chi connectivity index (χ1v) is 8.63. The Morgan fingerprint density at radius 1 is 1.08 bits per heavy atom. The lowest BCUT2D eigenvalue weighted by Crippen LogP contribution is -2.40. The summed E-state index contributed by atoms with van der Waals surface area (Å²) in [5, 5.41) is 17.7. The van der Waals surface area contributed by atoms with Crippen molar-refractivity contribution in [2.45, 2.75) is 18.9 Å². The lowest BCUT2D eigenvalue weighted by Gasteiger charge is -2.28. The summed E-state index contributed by atoms with van der Waals surface area (Å²) in [6.07, 6.45) is 2.28. The summed E-state index contributed by atoms with van der Waals surface area (Å²) < 4.78 is 0. The lowest BCUT2D eigenvalue weighted by molar-refractivity contribution is 0.0467. The lowest BCUT2D eigenvalue weighted by atomic mass is 9.87. The third kappa shape index (κ3) is 5.76. The molecule has 0 radical (unpaired) electrons. The van der Waals surface area contributed by atoms with Crippen LogP contribution in [0.1, 0.15) is 18.1 Å². The summed E-state index contributed by atoms with van der Waals surface area (Å²) >= 11 is 0. The van der Waals surface area contributed by atoms with Crippen LogP contribution in [-0.4, -0.2) is 30.7 Å². The second-order valence-corrected chi connectivity index (χ2v) is 5.92. The second kappa shape index (κ2) is 9.64. The van der Waals surface area contributed by atoms with Crippen LogP contribution in [0.4, 0.5) is 0 Å². The molecule has 4 nitrogen and oxygen atoms in total. The van der Waals surface area contributed by atoms with E-state index in [1.54, 1.807) is 6.08 Å². The monoisotopic (exact) mass is 337 g/mol. The largest absolute Gasteiger partial charge is 0.383 e. The van der Waals surface area contributed by atoms with Gasteiger partial charge in [-0.3, -0.25) is 0 Å². The molecule has 0 heterocycles. The number of aliphatic hydroxyl groups is 1. The van der Waals surface area contributed by atoms with Crippen LogP contribution in [0.15, 0.2) is 78.3 Å². The highest BCUT2D eigenvalue weighted by molar-refractivity contribution is 5.79. The standard InChI is InChI=1S/C21H27N3O/c1-3-15-23-20(22-4-2)24-17-21(25,19-13-9-6-10-14-19)16-18-11-7-5-8-12-18/h3,5-14,25H,1,4,15-17H2,2H3,(H2,22,23,24). The third-order valence-corrected chi connectivity index (χ3v) is 3.91. The molecule has 2 rings (SSSR count). The van der Waals surface area contributed by atoms with Gasteiger partial charge in [-0.05, 0) is 18.1 Å². The van der Waals surface area contributed by atoms with E-state index in [0.717, 1.165) is 17.7 Å². The number of nitrogens with zero attached hydrogens (tertiary/aromatic N) is 1. The van der Waals surface area contributed by atoms with Crippen molar-refractivity contribution in [3.05, 3.63) is 84.4 Å². The van der Waals surface area contributed by atoms with Gasteiger partial charge in [0.1, 0.15) is 5.60 Å². The van der Waals surface area contributed by atoms with Crippen LogP contribution in [0.2, 0.25) is 0 Å². The number of guanidine groups is 1. The van der Waals surface area contributed by atoms with Gasteiger partial charge < -0.3 is 15.7 Å². The Kier molecular flexibility index (Phi) is 7.23. The molecule has 0 aliphatic heterocycles. The Morgan fingerprint density at radius 2 is 1.72 bits per heavy atom. The maximum atomic E-state index is 11.4. The first kappa shape index (κ1) is 18.7. The van der Waals surface area contributed by atoms with E-state index in [1.165, 1.54) is 0 Å². The minimum Gasteiger partial charge on any atom is -0.383 e. The van der Waals surface area contributed by atoms with Gasteiger partial charge in [0.15, 0.2) is 5.96 Å². The quantitative estimate of drug-likeness (QED) is 0.394. The summed E-state index contributed by atoms with van der Waals surface area (Å²) in [5.41, 5.74) is 0.870. The molecule has 0 saturated heterocycles. The van der Waals surface area contributed by atoms with Crippen molar-refractivity contribution in [2.24, 2.45) is 4.99 Å². The van der Waals surface area contributed by atoms with Crippen molar-refractivity contribution >= 4 is 5.96 Å². The number of benzene rings is 2. The van der Waals surface area contributed by atoms with Crippen LogP contribution >= 0.6 is 0 Å². The van der Waals surface area contributed by atoms with E-state index < -0.39 is 5.60 Å². The second-order valence-electron chi connectivity index (χ2n) is 5.92. The number of rotatable bonds is 8. The molecule has 3 N–H and O–H groups in total. The van der Waals surface area contributed by atoms with Gasteiger partial charge in [0.05, 0.1) is 6.54 Å². The molecule has 0 spiro atoms. The SMILES string of the molecule is C=CCNC(=NCC(O)(Cc1ccccc1)c1ccccc1)NCC. The summed E-state index contributed by atoms with van der Waals surface area (Å²) in [4.78, 5) is 4.59. The van der Waals surface area contributed by atoms with Gasteiger partial charge in [0, 0.05) is 19.5 Å². The predicted molar refractivity (Wildman–Crippen MR) is 105 cm³/mol. The number of hydrogen-bond acceptors (Lipinski definition) is 2. The highest BCUT2D eigenvalue weighted by Gasteiger charge is 2.29. The number of nitrogens with one attached hydrogen (secondary N) is 2. The minimum atomic E-state index is -1.07. The molecule has 0 fully saturated rings. The van der Waals surface area contributed by atoms with Crippen LogP contribution < -0.4 is 10.6 Å². The molecule has 2 aromatic carbocycles. The van der Waals surface area contributed by atoms with E-state index >= 15 is 0 Å². The van der Waals surface area contributed by atoms with Gasteiger partial charge in [0.25, 0.3) is 0 Å². The van der Waals surface area contributed by atoms with Gasteiger partial charge in [-0.25, -0.2) is 4.99 Å². The Balaban J connectivity index is 2.26. The van der Waals surface area contributed by atoms with Gasteiger partial charge in [-0.1, -0.05) is 66.7 Å². The van der Waals surface area contributed by atoms with Crippen LogP contribution in [-0.2, 0) is 12.0 Å². The van der Waals surface area contributed by atoms with Crippen molar-refractivity contribution in [1.29, 1.82) is 0 Å². The van der Waals surface area contributed by atoms with Crippen LogP contribution in [0, 0.1) is 0 Å². The molecular weight excluding hydrogens is 310 g/mol. The maximum Gasteiger partial charge on any atom is 0.191 e. The van der Waals surface area contributed by atoms with E-state index in [-0.39, 0.29) is 6.54 Å². The van der Waals surface area contributed by atoms with Crippen molar-refractivity contribution < 1.29 is 5.11 Å². The first-order valence-electron chi connectivity index (χ1n) is 8.63. The molecular formula is C21H27N3O. The zero-order chi connectivity index (χ0) is 18.0. The molecule has 1 unspecified atom stereocenters. The Hall–Kier alpha value is -2.59. The van der Waals surface area contributed by atoms with Crippen molar-refractivity contribution in [3.8, 4) is 0 Å². The average molecular weight is 337 g/mol. The zero-order valence-corrected chi connectivity index (χ0v) is 14.8. The van der Waals surface area contributed by atoms with E-state index in [1.807, 2.05) is 67.6 Å². The highest BCUT2D eigenvalue weighted by Crippen LogP contribution is 2.26. The van der Waals surface area contributed by atoms with Crippen LogP contribution in [0.25, 0.3) is 0 Å². The zero-order valence-electron chi connectivity index (χ0n) is 14.8. The predicted octanol–water partition coefficient (Wildman–Crippen LogP) is 2.86. The van der Waals surface area contributed by atoms with E-state index in [0.29, 0.717) is 18.9 Å². The smallest absolute Gasteiger partial charge is 0.191 e. The number of aliphatic imine (C=N–C) groups is 1. The normalized spacial score (nSPS) is 13.8. The van der Waals surface area contributed by atoms with E-state index in [2.05, 4.69) is 22.2 Å². The van der Waals surface area contributed by atoms with E-state index in [9.17, 15) is 5.11 Å². The van der Waals surface area contributed by atoms with Gasteiger partial charge >= 0.3 is 0 Å². The molecule has 1 atom stereocenters. The van der Waals surface area contributed by atoms with Gasteiger partial charge in [0.2, 0.25) is 0 Å². The number of hydrogen-bond donors (Lipinski definition) is 3. The molecule has 132 valence electrons. The fraction of sp³-hybridized carbons (Fsp3) is 0.286. The summed E-state index contributed by atoms with van der Waals surface area (Å²) in [6.45, 7) is 7.36. The molecule has 25 heavy (non-hydrogen) atoms. The first-order chi connectivity index (χ1) is 12.2. The van der Waals surface area contributed by atoms with Crippen LogP contribution in [0.3, 0.4) is 0 Å².